The molecule has 0 saturated carbocycles. The number of hydrogen-bond donors (Lipinski definition) is 1. The summed E-state index contributed by atoms with van der Waals surface area (Å²) in [7, 11) is 1.44. The second-order valence-corrected chi connectivity index (χ2v) is 8.03. The average molecular weight is 520 g/mol. The summed E-state index contributed by atoms with van der Waals surface area (Å²) in [5.74, 6) is -3.02. The average Bonchev–Trinajstić information content (AvgIpc) is 3.04. The number of halogens is 4. The normalized spacial score (nSPS) is 13.6. The fraction of sp³-hybridized carbons (Fsp3) is 0.200. The maximum atomic E-state index is 12.8. The highest BCUT2D eigenvalue weighted by molar-refractivity contribution is 6.55. The van der Waals surface area contributed by atoms with Crippen LogP contribution in [0, 0.1) is 0 Å². The number of para-hydroxylation sites is 2. The third-order valence-electron chi connectivity index (χ3n) is 4.59. The molecule has 0 radical (unpaired) electrons. The molecule has 0 aliphatic carbocycles. The Balaban J connectivity index is 1.72. The lowest BCUT2D eigenvalue weighted by Gasteiger charge is -2.20. The molecular weight excluding hydrogens is 506 g/mol. The van der Waals surface area contributed by atoms with E-state index in [-0.39, 0.29) is 31.2 Å². The summed E-state index contributed by atoms with van der Waals surface area (Å²) in [6.45, 7) is 0.594. The van der Waals surface area contributed by atoms with Crippen LogP contribution < -0.4 is 10.1 Å². The van der Waals surface area contributed by atoms with Crippen molar-refractivity contribution in [3.63, 3.8) is 0 Å². The molecule has 0 aromatic heterocycles. The van der Waals surface area contributed by atoms with E-state index in [9.17, 15) is 19.2 Å². The molecule has 1 heterocycles. The van der Waals surface area contributed by atoms with Crippen molar-refractivity contribution in [1.29, 1.82) is 0 Å². The Labute approximate surface area is 202 Å². The number of esters is 1. The number of ether oxygens (including phenoxy) is 2. The molecule has 1 aliphatic rings. The van der Waals surface area contributed by atoms with Gasteiger partial charge in [0, 0.05) is 0 Å². The molecule has 2 aromatic carbocycles. The van der Waals surface area contributed by atoms with E-state index in [0.29, 0.717) is 16.3 Å². The predicted octanol–water partition coefficient (Wildman–Crippen LogP) is 4.48. The van der Waals surface area contributed by atoms with Gasteiger partial charge in [0.15, 0.2) is 6.61 Å². The van der Waals surface area contributed by atoms with E-state index in [0.717, 1.165) is 0 Å². The fourth-order valence-electron chi connectivity index (χ4n) is 3.02. The number of carbonyl (C=O) groups excluding carboxylic acids is 4. The van der Waals surface area contributed by atoms with Gasteiger partial charge in [-0.05, 0) is 19.1 Å². The third kappa shape index (κ3) is 4.23. The number of rotatable bonds is 6. The van der Waals surface area contributed by atoms with Gasteiger partial charge in [-0.1, -0.05) is 58.5 Å². The number of methoxy groups -OCH3 is 1. The molecule has 1 atom stereocenters. The molecule has 3 amide bonds. The standard InChI is InChI=1S/C20H14Cl4N2O6/c1-8(20(30)32-7-11(27)25-9-5-3-4-6-10(9)31-2)26-18(28)12-13(19(26)29)15(22)17(24)16(23)14(12)21/h3-6,8H,7H2,1-2H3,(H,25,27)/t8-/m0/s1. The number of hydrogen-bond acceptors (Lipinski definition) is 6. The van der Waals surface area contributed by atoms with E-state index < -0.39 is 36.3 Å². The highest BCUT2D eigenvalue weighted by atomic mass is 35.5. The number of carbonyl (C=O) groups is 4. The summed E-state index contributed by atoms with van der Waals surface area (Å²) >= 11 is 24.1. The van der Waals surface area contributed by atoms with Gasteiger partial charge in [0.25, 0.3) is 17.7 Å². The second-order valence-electron chi connectivity index (χ2n) is 6.52. The van der Waals surface area contributed by atoms with Crippen LogP contribution in [-0.4, -0.2) is 48.3 Å². The summed E-state index contributed by atoms with van der Waals surface area (Å²) in [5, 5.41) is 1.64. The smallest absolute Gasteiger partial charge is 0.329 e. The monoisotopic (exact) mass is 518 g/mol. The van der Waals surface area contributed by atoms with Crippen LogP contribution in [-0.2, 0) is 14.3 Å². The maximum Gasteiger partial charge on any atom is 0.329 e. The first kappa shape index (κ1) is 24.1. The van der Waals surface area contributed by atoms with Gasteiger partial charge >= 0.3 is 5.97 Å². The van der Waals surface area contributed by atoms with E-state index in [1.54, 1.807) is 24.3 Å². The van der Waals surface area contributed by atoms with Crippen molar-refractivity contribution >= 4 is 75.8 Å². The van der Waals surface area contributed by atoms with Crippen LogP contribution in [0.25, 0.3) is 0 Å². The van der Waals surface area contributed by atoms with Crippen LogP contribution in [0.2, 0.25) is 20.1 Å². The van der Waals surface area contributed by atoms with Crippen LogP contribution in [0.15, 0.2) is 24.3 Å². The zero-order valence-electron chi connectivity index (χ0n) is 16.5. The molecule has 3 rings (SSSR count). The summed E-state index contributed by atoms with van der Waals surface area (Å²) < 4.78 is 10.1. The van der Waals surface area contributed by atoms with Gasteiger partial charge in [0.2, 0.25) is 0 Å². The zero-order chi connectivity index (χ0) is 23.7. The molecule has 1 aliphatic heterocycles. The minimum atomic E-state index is -1.38. The highest BCUT2D eigenvalue weighted by Crippen LogP contribution is 2.45. The number of imide groups is 1. The van der Waals surface area contributed by atoms with Crippen LogP contribution in [0.3, 0.4) is 0 Å². The number of fused-ring (bicyclic) bond motifs is 1. The molecule has 2 aromatic rings. The van der Waals surface area contributed by atoms with Crippen LogP contribution in [0.5, 0.6) is 5.75 Å². The minimum absolute atomic E-state index is 0.191. The summed E-state index contributed by atoms with van der Waals surface area (Å²) in [6, 6.07) is 5.26. The number of anilines is 1. The van der Waals surface area contributed by atoms with Gasteiger partial charge in [-0.15, -0.1) is 0 Å². The molecular formula is C20H14Cl4N2O6. The number of nitrogens with zero attached hydrogens (tertiary/aromatic N) is 1. The van der Waals surface area contributed by atoms with Gasteiger partial charge in [0.05, 0.1) is 44.0 Å². The fourth-order valence-corrected chi connectivity index (χ4v) is 4.03. The molecule has 0 fully saturated rings. The first-order valence-electron chi connectivity index (χ1n) is 8.93. The summed E-state index contributed by atoms with van der Waals surface area (Å²) in [5.41, 5.74) is -0.142. The number of nitrogens with one attached hydrogen (secondary N) is 1. The van der Waals surface area contributed by atoms with Crippen LogP contribution >= 0.6 is 46.4 Å². The maximum absolute atomic E-state index is 12.8. The quantitative estimate of drug-likeness (QED) is 0.261. The molecule has 0 spiro atoms. The molecule has 1 N–H and O–H groups in total. The van der Waals surface area contributed by atoms with Crippen LogP contribution in [0.1, 0.15) is 27.6 Å². The largest absolute Gasteiger partial charge is 0.495 e. The van der Waals surface area contributed by atoms with Gasteiger partial charge in [0.1, 0.15) is 11.8 Å². The first-order chi connectivity index (χ1) is 15.1. The van der Waals surface area contributed by atoms with E-state index >= 15 is 0 Å². The highest BCUT2D eigenvalue weighted by Gasteiger charge is 2.45. The Kier molecular flexibility index (Phi) is 7.19. The van der Waals surface area contributed by atoms with E-state index in [4.69, 9.17) is 55.9 Å². The lowest BCUT2D eigenvalue weighted by molar-refractivity contribution is -0.150. The molecule has 8 nitrogen and oxygen atoms in total. The Morgan fingerprint density at radius 3 is 2.03 bits per heavy atom. The second kappa shape index (κ2) is 9.54. The van der Waals surface area contributed by atoms with Gasteiger partial charge in [-0.2, -0.15) is 0 Å². The van der Waals surface area contributed by atoms with Gasteiger partial charge < -0.3 is 14.8 Å². The lowest BCUT2D eigenvalue weighted by Crippen LogP contribution is -2.44. The molecule has 168 valence electrons. The van der Waals surface area contributed by atoms with Crippen LogP contribution in [0.4, 0.5) is 5.69 Å². The first-order valence-corrected chi connectivity index (χ1v) is 10.4. The van der Waals surface area contributed by atoms with Crippen molar-refractivity contribution in [1.82, 2.24) is 4.90 Å². The third-order valence-corrected chi connectivity index (χ3v) is 6.39. The summed E-state index contributed by atoms with van der Waals surface area (Å²) in [6.07, 6.45) is 0. The Hall–Kier alpha value is -2.52. The van der Waals surface area contributed by atoms with Crippen molar-refractivity contribution in [2.24, 2.45) is 0 Å². The zero-order valence-corrected chi connectivity index (χ0v) is 19.5. The molecule has 0 unspecified atom stereocenters. The molecule has 32 heavy (non-hydrogen) atoms. The Morgan fingerprint density at radius 2 is 1.50 bits per heavy atom. The molecule has 0 saturated heterocycles. The van der Waals surface area contributed by atoms with Crippen molar-refractivity contribution in [3.05, 3.63) is 55.5 Å². The van der Waals surface area contributed by atoms with E-state index in [1.807, 2.05) is 0 Å². The Bertz CT molecular complexity index is 1110. The van der Waals surface area contributed by atoms with Crippen molar-refractivity contribution in [3.8, 4) is 5.75 Å². The lowest BCUT2D eigenvalue weighted by atomic mass is 10.1. The van der Waals surface area contributed by atoms with Gasteiger partial charge in [-0.3, -0.25) is 19.3 Å². The molecule has 0 bridgehead atoms. The molecule has 12 heteroatoms. The summed E-state index contributed by atoms with van der Waals surface area (Å²) in [4.78, 5) is 50.8. The SMILES string of the molecule is COc1ccccc1NC(=O)COC(=O)[C@H](C)N1C(=O)c2c(Cl)c(Cl)c(Cl)c(Cl)c2C1=O. The van der Waals surface area contributed by atoms with Gasteiger partial charge in [-0.25, -0.2) is 4.79 Å². The van der Waals surface area contributed by atoms with E-state index in [2.05, 4.69) is 5.32 Å². The number of amides is 3. The van der Waals surface area contributed by atoms with E-state index in [1.165, 1.54) is 14.0 Å². The topological polar surface area (TPSA) is 102 Å². The minimum Gasteiger partial charge on any atom is -0.495 e. The van der Waals surface area contributed by atoms with Crippen molar-refractivity contribution in [2.45, 2.75) is 13.0 Å². The predicted molar refractivity (Wildman–Crippen MR) is 119 cm³/mol. The Morgan fingerprint density at radius 1 is 0.969 bits per heavy atom. The van der Waals surface area contributed by atoms with Crippen molar-refractivity contribution < 1.29 is 28.7 Å². The van der Waals surface area contributed by atoms with Crippen molar-refractivity contribution in [2.75, 3.05) is 19.0 Å². The number of benzene rings is 2.